The summed E-state index contributed by atoms with van der Waals surface area (Å²) in [5.74, 6) is 0.829. The number of para-hydroxylation sites is 1. The molecule has 0 fully saturated rings. The summed E-state index contributed by atoms with van der Waals surface area (Å²) in [6, 6.07) is 15.9. The average molecular weight is 417 g/mol. The van der Waals surface area contributed by atoms with Crippen LogP contribution in [0.5, 0.6) is 5.75 Å². The second-order valence-corrected chi connectivity index (χ2v) is 6.91. The van der Waals surface area contributed by atoms with E-state index in [1.807, 2.05) is 84.0 Å². The molecule has 0 bridgehead atoms. The molecule has 0 unspecified atom stereocenters. The lowest BCUT2D eigenvalue weighted by molar-refractivity contribution is 0.420. The number of benzene rings is 2. The van der Waals surface area contributed by atoms with E-state index in [1.54, 1.807) is 18.4 Å². The van der Waals surface area contributed by atoms with Crippen molar-refractivity contribution in [2.24, 2.45) is 0 Å². The van der Waals surface area contributed by atoms with E-state index < -0.39 is 0 Å². The van der Waals surface area contributed by atoms with Gasteiger partial charge in [-0.3, -0.25) is 0 Å². The first-order chi connectivity index (χ1) is 13.6. The number of hydrogen-bond donors (Lipinski definition) is 0. The van der Waals surface area contributed by atoms with Gasteiger partial charge in [-0.1, -0.05) is 63.6 Å². The molecule has 4 aromatic rings. The number of fused-ring (bicyclic) bond motifs is 2. The van der Waals surface area contributed by atoms with E-state index in [-0.39, 0.29) is 0 Å². The van der Waals surface area contributed by atoms with Crippen molar-refractivity contribution in [3.8, 4) is 5.75 Å². The molecule has 0 saturated carbocycles. The Labute approximate surface area is 177 Å². The molecule has 0 radical (unpaired) electrons. The summed E-state index contributed by atoms with van der Waals surface area (Å²) >= 11 is 7.63. The van der Waals surface area contributed by atoms with Crippen molar-refractivity contribution >= 4 is 43.9 Å². The van der Waals surface area contributed by atoms with Crippen LogP contribution >= 0.6 is 22.9 Å². The van der Waals surface area contributed by atoms with Gasteiger partial charge in [0, 0.05) is 16.5 Å². The van der Waals surface area contributed by atoms with Crippen molar-refractivity contribution in [3.05, 3.63) is 64.4 Å². The zero-order chi connectivity index (χ0) is 21.1. The van der Waals surface area contributed by atoms with Crippen molar-refractivity contribution in [1.82, 2.24) is 9.97 Å². The highest BCUT2D eigenvalue weighted by molar-refractivity contribution is 7.18. The topological polar surface area (TPSA) is 35.0 Å². The number of hydrogen-bond acceptors (Lipinski definition) is 4. The lowest BCUT2D eigenvalue weighted by Gasteiger charge is -2.06. The SMILES string of the molecule is CC.CC.COc1cccc2c(C)nc(Cl)cc12.Cc1nc2ccccc2s1. The number of aromatic nitrogens is 2. The Kier molecular flexibility index (Phi) is 10.5. The maximum Gasteiger partial charge on any atom is 0.130 e. The van der Waals surface area contributed by atoms with Crippen LogP contribution in [0.4, 0.5) is 0 Å². The van der Waals surface area contributed by atoms with E-state index >= 15 is 0 Å². The Balaban J connectivity index is 0.000000246. The number of rotatable bonds is 1. The third-order valence-corrected chi connectivity index (χ3v) is 4.76. The summed E-state index contributed by atoms with van der Waals surface area (Å²) in [4.78, 5) is 8.52. The predicted octanol–water partition coefficient (Wildman–Crippen LogP) is 7.86. The molecule has 2 heterocycles. The van der Waals surface area contributed by atoms with Crippen molar-refractivity contribution in [3.63, 3.8) is 0 Å². The number of methoxy groups -OCH3 is 1. The van der Waals surface area contributed by atoms with Crippen LogP contribution in [0.3, 0.4) is 0 Å². The fraction of sp³-hybridized carbons (Fsp3) is 0.304. The van der Waals surface area contributed by atoms with Gasteiger partial charge < -0.3 is 4.74 Å². The average Bonchev–Trinajstić information content (AvgIpc) is 3.11. The van der Waals surface area contributed by atoms with Gasteiger partial charge in [0.05, 0.1) is 22.3 Å². The van der Waals surface area contributed by atoms with Gasteiger partial charge >= 0.3 is 0 Å². The molecule has 4 rings (SSSR count). The zero-order valence-corrected chi connectivity index (χ0v) is 19.3. The molecule has 0 spiro atoms. The van der Waals surface area contributed by atoms with Crippen LogP contribution in [0, 0.1) is 13.8 Å². The van der Waals surface area contributed by atoms with Gasteiger partial charge in [-0.25, -0.2) is 9.97 Å². The van der Waals surface area contributed by atoms with Crippen LogP contribution in [-0.4, -0.2) is 17.1 Å². The number of ether oxygens (including phenoxy) is 1. The lowest BCUT2D eigenvalue weighted by atomic mass is 10.1. The molecule has 2 aromatic carbocycles. The molecule has 3 nitrogen and oxygen atoms in total. The van der Waals surface area contributed by atoms with Gasteiger partial charge in [-0.05, 0) is 38.1 Å². The Morgan fingerprint density at radius 2 is 1.54 bits per heavy atom. The predicted molar refractivity (Wildman–Crippen MR) is 125 cm³/mol. The Hall–Kier alpha value is -2.17. The minimum atomic E-state index is 0.500. The van der Waals surface area contributed by atoms with Crippen molar-refractivity contribution in [2.45, 2.75) is 41.5 Å². The first kappa shape index (κ1) is 23.9. The second kappa shape index (κ2) is 12.3. The van der Waals surface area contributed by atoms with E-state index in [0.717, 1.165) is 32.7 Å². The van der Waals surface area contributed by atoms with Crippen molar-refractivity contribution in [2.75, 3.05) is 7.11 Å². The maximum absolute atomic E-state index is 5.89. The number of halogens is 1. The molecule has 0 atom stereocenters. The van der Waals surface area contributed by atoms with Crippen LogP contribution in [0.2, 0.25) is 5.15 Å². The Morgan fingerprint density at radius 1 is 0.857 bits per heavy atom. The zero-order valence-electron chi connectivity index (χ0n) is 17.7. The van der Waals surface area contributed by atoms with Crippen LogP contribution in [0.1, 0.15) is 38.4 Å². The summed E-state index contributed by atoms with van der Waals surface area (Å²) in [5.41, 5.74) is 2.04. The minimum Gasteiger partial charge on any atom is -0.496 e. The minimum absolute atomic E-state index is 0.500. The van der Waals surface area contributed by atoms with E-state index in [4.69, 9.17) is 16.3 Å². The molecule has 0 aliphatic carbocycles. The molecule has 150 valence electrons. The molecule has 5 heteroatoms. The number of pyridine rings is 1. The van der Waals surface area contributed by atoms with Gasteiger partial charge in [-0.15, -0.1) is 11.3 Å². The van der Waals surface area contributed by atoms with Crippen molar-refractivity contribution < 1.29 is 4.74 Å². The lowest BCUT2D eigenvalue weighted by Crippen LogP contribution is -1.89. The Morgan fingerprint density at radius 3 is 2.18 bits per heavy atom. The maximum atomic E-state index is 5.89. The fourth-order valence-electron chi connectivity index (χ4n) is 2.55. The third-order valence-electron chi connectivity index (χ3n) is 3.61. The van der Waals surface area contributed by atoms with E-state index in [2.05, 4.69) is 16.0 Å². The molecule has 0 N–H and O–H groups in total. The van der Waals surface area contributed by atoms with Gasteiger partial charge in [0.15, 0.2) is 0 Å². The standard InChI is InChI=1S/C11H10ClNO.C8H7NS.2C2H6/c1-7-8-4-3-5-10(14-2)9(8)6-11(12)13-7;1-6-9-7-4-2-3-5-8(7)10-6;2*1-2/h3-6H,1-2H3;2-5H,1H3;2*1-2H3. The van der Waals surface area contributed by atoms with Crippen LogP contribution in [-0.2, 0) is 0 Å². The van der Waals surface area contributed by atoms with Gasteiger partial charge in [0.25, 0.3) is 0 Å². The quantitative estimate of drug-likeness (QED) is 0.296. The van der Waals surface area contributed by atoms with Gasteiger partial charge in [-0.2, -0.15) is 0 Å². The van der Waals surface area contributed by atoms with Crippen LogP contribution in [0.25, 0.3) is 21.0 Å². The van der Waals surface area contributed by atoms with Crippen molar-refractivity contribution in [1.29, 1.82) is 0 Å². The number of aryl methyl sites for hydroxylation is 2. The van der Waals surface area contributed by atoms with E-state index in [0.29, 0.717) is 5.15 Å². The highest BCUT2D eigenvalue weighted by atomic mass is 35.5. The highest BCUT2D eigenvalue weighted by Crippen LogP contribution is 2.28. The normalized spacial score (nSPS) is 9.43. The van der Waals surface area contributed by atoms with Crippen LogP contribution < -0.4 is 4.74 Å². The molecule has 0 aliphatic heterocycles. The molecular formula is C23H29ClN2OS. The first-order valence-corrected chi connectivity index (χ1v) is 10.7. The first-order valence-electron chi connectivity index (χ1n) is 9.50. The van der Waals surface area contributed by atoms with Gasteiger partial charge in [0.2, 0.25) is 0 Å². The smallest absolute Gasteiger partial charge is 0.130 e. The number of nitrogens with zero attached hydrogens (tertiary/aromatic N) is 2. The Bertz CT molecular complexity index is 965. The highest BCUT2D eigenvalue weighted by Gasteiger charge is 2.05. The van der Waals surface area contributed by atoms with E-state index in [1.165, 1.54) is 4.70 Å². The molecular weight excluding hydrogens is 388 g/mol. The molecule has 28 heavy (non-hydrogen) atoms. The molecule has 0 saturated heterocycles. The summed E-state index contributed by atoms with van der Waals surface area (Å²) in [6.45, 7) is 12.0. The van der Waals surface area contributed by atoms with Gasteiger partial charge in [0.1, 0.15) is 10.9 Å². The third kappa shape index (κ3) is 6.18. The largest absolute Gasteiger partial charge is 0.496 e. The summed E-state index contributed by atoms with van der Waals surface area (Å²) in [5, 5.41) is 3.72. The van der Waals surface area contributed by atoms with Crippen LogP contribution in [0.15, 0.2) is 48.5 Å². The van der Waals surface area contributed by atoms with E-state index in [9.17, 15) is 0 Å². The molecule has 0 aliphatic rings. The monoisotopic (exact) mass is 416 g/mol. The second-order valence-electron chi connectivity index (χ2n) is 5.29. The summed E-state index contributed by atoms with van der Waals surface area (Å²) in [6.07, 6.45) is 0. The molecule has 2 aromatic heterocycles. The molecule has 0 amide bonds. The summed E-state index contributed by atoms with van der Waals surface area (Å²) < 4.78 is 6.53. The fourth-order valence-corrected chi connectivity index (χ4v) is 3.61. The number of thiazole rings is 1. The summed E-state index contributed by atoms with van der Waals surface area (Å²) in [7, 11) is 1.65.